The van der Waals surface area contributed by atoms with Gasteiger partial charge in [-0.15, -0.1) is 0 Å². The molecule has 2 heterocycles. The van der Waals surface area contributed by atoms with Gasteiger partial charge in [-0.1, -0.05) is 23.7 Å². The van der Waals surface area contributed by atoms with Gasteiger partial charge in [-0.25, -0.2) is 0 Å². The number of ketones is 1. The molecular formula is C14H10ClNO2. The number of hydrogen-bond acceptors (Lipinski definition) is 3. The molecule has 1 aromatic rings. The lowest BCUT2D eigenvalue weighted by Crippen LogP contribution is -2.27. The Kier molecular flexibility index (Phi) is 2.68. The second-order valence-electron chi connectivity index (χ2n) is 4.01. The first kappa shape index (κ1) is 11.1. The third-order valence-electron chi connectivity index (χ3n) is 2.82. The van der Waals surface area contributed by atoms with Gasteiger partial charge in [-0.2, -0.15) is 0 Å². The molecule has 0 bridgehead atoms. The highest BCUT2D eigenvalue weighted by atomic mass is 35.5. The van der Waals surface area contributed by atoms with Gasteiger partial charge in [-0.3, -0.25) is 4.79 Å². The van der Waals surface area contributed by atoms with E-state index in [1.54, 1.807) is 24.4 Å². The number of dihydropyridines is 1. The van der Waals surface area contributed by atoms with E-state index in [1.165, 1.54) is 0 Å². The van der Waals surface area contributed by atoms with E-state index in [2.05, 4.69) is 5.32 Å². The molecule has 0 saturated heterocycles. The maximum atomic E-state index is 11.7. The number of rotatable bonds is 1. The van der Waals surface area contributed by atoms with Crippen molar-refractivity contribution >= 4 is 23.1 Å². The molecule has 0 amide bonds. The van der Waals surface area contributed by atoms with Crippen molar-refractivity contribution < 1.29 is 9.53 Å². The fraction of sp³-hybridized carbons (Fsp3) is 0.0714. The Balaban J connectivity index is 2.14. The van der Waals surface area contributed by atoms with E-state index in [0.717, 1.165) is 5.56 Å². The number of benzene rings is 1. The number of carbonyl (C=O) groups excluding carboxylic acids is 1. The van der Waals surface area contributed by atoms with Crippen LogP contribution in [0.15, 0.2) is 53.9 Å². The van der Waals surface area contributed by atoms with E-state index in [1.807, 2.05) is 18.2 Å². The lowest BCUT2D eigenvalue weighted by molar-refractivity contribution is -0.118. The van der Waals surface area contributed by atoms with Crippen LogP contribution in [0.25, 0.3) is 5.76 Å². The Bertz CT molecular complexity index is 614. The van der Waals surface area contributed by atoms with Crippen molar-refractivity contribution in [1.29, 1.82) is 0 Å². The lowest BCUT2D eigenvalue weighted by atomic mass is 9.99. The van der Waals surface area contributed by atoms with Crippen LogP contribution in [-0.4, -0.2) is 12.4 Å². The van der Waals surface area contributed by atoms with Crippen molar-refractivity contribution in [1.82, 2.24) is 5.32 Å². The second kappa shape index (κ2) is 4.35. The molecule has 1 N–H and O–H groups in total. The molecule has 0 radical (unpaired) electrons. The van der Waals surface area contributed by atoms with Gasteiger partial charge in [0.1, 0.15) is 0 Å². The Morgan fingerprint density at radius 3 is 3.06 bits per heavy atom. The van der Waals surface area contributed by atoms with Crippen molar-refractivity contribution in [3.8, 4) is 0 Å². The predicted octanol–water partition coefficient (Wildman–Crippen LogP) is 2.65. The zero-order chi connectivity index (χ0) is 12.5. The smallest absolute Gasteiger partial charge is 0.202 e. The van der Waals surface area contributed by atoms with Crippen LogP contribution in [0.4, 0.5) is 0 Å². The summed E-state index contributed by atoms with van der Waals surface area (Å²) in [6.45, 7) is 0.0622. The zero-order valence-corrected chi connectivity index (χ0v) is 10.2. The van der Waals surface area contributed by atoms with E-state index in [-0.39, 0.29) is 12.4 Å². The molecule has 2 aliphatic rings. The average Bonchev–Trinajstić information content (AvgIpc) is 2.39. The highest BCUT2D eigenvalue weighted by Gasteiger charge is 2.27. The Morgan fingerprint density at radius 2 is 2.22 bits per heavy atom. The van der Waals surface area contributed by atoms with Crippen LogP contribution < -0.4 is 5.32 Å². The molecule has 1 aromatic carbocycles. The lowest BCUT2D eigenvalue weighted by Gasteiger charge is -2.24. The van der Waals surface area contributed by atoms with Crippen LogP contribution in [-0.2, 0) is 9.53 Å². The summed E-state index contributed by atoms with van der Waals surface area (Å²) in [5.41, 5.74) is 2.22. The zero-order valence-electron chi connectivity index (χ0n) is 9.44. The molecule has 90 valence electrons. The number of ether oxygens (including phenoxy) is 1. The highest BCUT2D eigenvalue weighted by molar-refractivity contribution is 6.30. The monoisotopic (exact) mass is 259 g/mol. The van der Waals surface area contributed by atoms with E-state index >= 15 is 0 Å². The van der Waals surface area contributed by atoms with Gasteiger partial charge < -0.3 is 10.1 Å². The maximum Gasteiger partial charge on any atom is 0.202 e. The molecule has 0 atom stereocenters. The third-order valence-corrected chi connectivity index (χ3v) is 3.05. The number of nitrogens with one attached hydrogen (secondary N) is 1. The molecule has 0 unspecified atom stereocenters. The van der Waals surface area contributed by atoms with Crippen LogP contribution >= 0.6 is 11.6 Å². The van der Waals surface area contributed by atoms with Crippen molar-refractivity contribution in [2.45, 2.75) is 0 Å². The molecule has 4 heteroatoms. The predicted molar refractivity (Wildman–Crippen MR) is 69.7 cm³/mol. The standard InChI is InChI=1S/C14H10ClNO2/c15-10-4-1-3-9(7-10)14-13-11(5-2-6-16-13)12(17)8-18-14/h1-7,16H,8H2. The minimum atomic E-state index is -0.0207. The summed E-state index contributed by atoms with van der Waals surface area (Å²) >= 11 is 5.97. The molecule has 0 saturated carbocycles. The number of allylic oxidation sites excluding steroid dienone is 3. The van der Waals surface area contributed by atoms with Crippen LogP contribution in [0.1, 0.15) is 5.56 Å². The average molecular weight is 260 g/mol. The van der Waals surface area contributed by atoms with Crippen molar-refractivity contribution in [3.63, 3.8) is 0 Å². The van der Waals surface area contributed by atoms with Crippen molar-refractivity contribution in [3.05, 3.63) is 64.5 Å². The van der Waals surface area contributed by atoms with Gasteiger partial charge in [0, 0.05) is 22.4 Å². The second-order valence-corrected chi connectivity index (χ2v) is 4.45. The molecular weight excluding hydrogens is 250 g/mol. The summed E-state index contributed by atoms with van der Waals surface area (Å²) in [6.07, 6.45) is 5.37. The van der Waals surface area contributed by atoms with Gasteiger partial charge in [0.2, 0.25) is 5.78 Å². The molecule has 0 aromatic heterocycles. The summed E-state index contributed by atoms with van der Waals surface area (Å²) < 4.78 is 5.53. The molecule has 0 fully saturated rings. The Morgan fingerprint density at radius 1 is 1.33 bits per heavy atom. The van der Waals surface area contributed by atoms with Crippen LogP contribution in [0.5, 0.6) is 0 Å². The first-order valence-corrected chi connectivity index (χ1v) is 5.93. The SMILES string of the molecule is O=C1COC(c2cccc(Cl)c2)=C2NC=CC=C12. The minimum Gasteiger partial charge on any atom is -0.483 e. The van der Waals surface area contributed by atoms with E-state index in [4.69, 9.17) is 16.3 Å². The van der Waals surface area contributed by atoms with Gasteiger partial charge >= 0.3 is 0 Å². The van der Waals surface area contributed by atoms with Crippen LogP contribution in [0.3, 0.4) is 0 Å². The molecule has 3 rings (SSSR count). The van der Waals surface area contributed by atoms with E-state index in [9.17, 15) is 4.79 Å². The number of fused-ring (bicyclic) bond motifs is 1. The minimum absolute atomic E-state index is 0.0207. The number of hydrogen-bond donors (Lipinski definition) is 1. The van der Waals surface area contributed by atoms with Crippen LogP contribution in [0.2, 0.25) is 5.02 Å². The summed E-state index contributed by atoms with van der Waals surface area (Å²) in [5, 5.41) is 3.70. The fourth-order valence-electron chi connectivity index (χ4n) is 2.00. The van der Waals surface area contributed by atoms with Gasteiger partial charge in [0.15, 0.2) is 12.4 Å². The number of halogens is 1. The van der Waals surface area contributed by atoms with Crippen molar-refractivity contribution in [2.75, 3.05) is 6.61 Å². The molecule has 18 heavy (non-hydrogen) atoms. The van der Waals surface area contributed by atoms with Gasteiger partial charge in [0.25, 0.3) is 0 Å². The van der Waals surface area contributed by atoms with Crippen molar-refractivity contribution in [2.24, 2.45) is 0 Å². The number of carbonyl (C=O) groups is 1. The number of Topliss-reactive ketones (excluding diaryl/α,β-unsaturated/α-hetero) is 1. The molecule has 2 aliphatic heterocycles. The molecule has 3 nitrogen and oxygen atoms in total. The fourth-order valence-corrected chi connectivity index (χ4v) is 2.19. The normalized spacial score (nSPS) is 17.8. The summed E-state index contributed by atoms with van der Waals surface area (Å²) in [5.74, 6) is 0.639. The Hall–Kier alpha value is -2.00. The summed E-state index contributed by atoms with van der Waals surface area (Å²) in [4.78, 5) is 11.7. The highest BCUT2D eigenvalue weighted by Crippen LogP contribution is 2.30. The van der Waals surface area contributed by atoms with E-state index in [0.29, 0.717) is 22.1 Å². The summed E-state index contributed by atoms with van der Waals surface area (Å²) in [7, 11) is 0. The summed E-state index contributed by atoms with van der Waals surface area (Å²) in [6, 6.07) is 7.38. The van der Waals surface area contributed by atoms with Gasteiger partial charge in [-0.05, 0) is 24.3 Å². The topological polar surface area (TPSA) is 38.3 Å². The maximum absolute atomic E-state index is 11.7. The first-order chi connectivity index (χ1) is 8.75. The first-order valence-electron chi connectivity index (χ1n) is 5.55. The quantitative estimate of drug-likeness (QED) is 0.843. The molecule has 0 spiro atoms. The third kappa shape index (κ3) is 1.83. The van der Waals surface area contributed by atoms with Crippen LogP contribution in [0, 0.1) is 0 Å². The Labute approximate surface area is 109 Å². The van der Waals surface area contributed by atoms with Gasteiger partial charge in [0.05, 0.1) is 5.70 Å². The van der Waals surface area contributed by atoms with E-state index < -0.39 is 0 Å². The largest absolute Gasteiger partial charge is 0.483 e. The molecule has 0 aliphatic carbocycles.